The molecule has 2 aliphatic heterocycles. The second kappa shape index (κ2) is 8.37. The molecule has 8 heteroatoms. The van der Waals surface area contributed by atoms with Gasteiger partial charge in [-0.2, -0.15) is 10.3 Å². The van der Waals surface area contributed by atoms with E-state index in [0.717, 1.165) is 43.6 Å². The van der Waals surface area contributed by atoms with E-state index < -0.39 is 0 Å². The van der Waals surface area contributed by atoms with Gasteiger partial charge in [-0.05, 0) is 31.0 Å². The summed E-state index contributed by atoms with van der Waals surface area (Å²) in [5.41, 5.74) is 7.24. The second-order valence-corrected chi connectivity index (χ2v) is 6.48. The lowest BCUT2D eigenvalue weighted by molar-refractivity contribution is -0.199. The highest BCUT2D eigenvalue weighted by molar-refractivity contribution is 6.01. The minimum Gasteiger partial charge on any atom is -0.493 e. The van der Waals surface area contributed by atoms with Crippen LogP contribution in [-0.4, -0.2) is 68.2 Å². The third-order valence-corrected chi connectivity index (χ3v) is 4.75. The molecule has 0 bridgehead atoms. The number of carbonyl (C=O) groups is 1. The Morgan fingerprint density at radius 2 is 2.00 bits per heavy atom. The molecule has 26 heavy (non-hydrogen) atoms. The van der Waals surface area contributed by atoms with Crippen molar-refractivity contribution in [1.82, 2.24) is 10.1 Å². The molecule has 0 aromatic heterocycles. The standard InChI is InChI=1S/C18H26N4O4/c1-24-16-4-3-13(11-17(16)25-2)15-7-10-26-22(20-15)14-5-8-21(9-6-14)12-18(19)23/h3-4,11,14H,5-10,12H2,1-2H3,(H2,19,23). The fourth-order valence-electron chi connectivity index (χ4n) is 3.36. The van der Waals surface area contributed by atoms with Gasteiger partial charge in [0.15, 0.2) is 11.5 Å². The lowest BCUT2D eigenvalue weighted by atomic mass is 10.0. The van der Waals surface area contributed by atoms with Gasteiger partial charge in [-0.25, -0.2) is 0 Å². The molecule has 0 unspecified atom stereocenters. The Morgan fingerprint density at radius 1 is 1.27 bits per heavy atom. The fourth-order valence-corrected chi connectivity index (χ4v) is 3.36. The molecule has 0 aliphatic carbocycles. The lowest BCUT2D eigenvalue weighted by Gasteiger charge is -2.37. The first-order valence-electron chi connectivity index (χ1n) is 8.83. The Balaban J connectivity index is 1.69. The topological polar surface area (TPSA) is 89.6 Å². The van der Waals surface area contributed by atoms with E-state index in [-0.39, 0.29) is 11.9 Å². The number of piperidine rings is 1. The maximum atomic E-state index is 11.1. The smallest absolute Gasteiger partial charge is 0.231 e. The van der Waals surface area contributed by atoms with Crippen molar-refractivity contribution in [2.24, 2.45) is 10.8 Å². The first-order chi connectivity index (χ1) is 12.6. The van der Waals surface area contributed by atoms with E-state index in [4.69, 9.17) is 25.1 Å². The molecule has 0 saturated carbocycles. The molecule has 0 radical (unpaired) electrons. The van der Waals surface area contributed by atoms with Crippen LogP contribution >= 0.6 is 0 Å². The summed E-state index contributed by atoms with van der Waals surface area (Å²) in [5, 5.41) is 6.45. The highest BCUT2D eigenvalue weighted by atomic mass is 16.7. The summed E-state index contributed by atoms with van der Waals surface area (Å²) in [7, 11) is 3.25. The van der Waals surface area contributed by atoms with Gasteiger partial charge in [-0.15, -0.1) is 0 Å². The normalized spacial score (nSPS) is 19.2. The number of likely N-dealkylation sites (tertiary alicyclic amines) is 1. The molecule has 1 saturated heterocycles. The molecule has 0 spiro atoms. The SMILES string of the molecule is COc1ccc(C2=NN(C3CCN(CC(N)=O)CC3)OCC2)cc1OC. The molecular formula is C18H26N4O4. The van der Waals surface area contributed by atoms with Gasteiger partial charge in [0.2, 0.25) is 5.91 Å². The van der Waals surface area contributed by atoms with Gasteiger partial charge in [0, 0.05) is 25.1 Å². The average Bonchev–Trinajstić information content (AvgIpc) is 2.67. The molecule has 8 nitrogen and oxygen atoms in total. The number of hydrogen-bond donors (Lipinski definition) is 1. The number of carbonyl (C=O) groups excluding carboxylic acids is 1. The summed E-state index contributed by atoms with van der Waals surface area (Å²) in [4.78, 5) is 18.9. The molecule has 1 fully saturated rings. The first-order valence-corrected chi connectivity index (χ1v) is 8.83. The van der Waals surface area contributed by atoms with Gasteiger partial charge < -0.3 is 15.2 Å². The largest absolute Gasteiger partial charge is 0.493 e. The van der Waals surface area contributed by atoms with Gasteiger partial charge >= 0.3 is 0 Å². The monoisotopic (exact) mass is 362 g/mol. The van der Waals surface area contributed by atoms with Crippen molar-refractivity contribution in [1.29, 1.82) is 0 Å². The lowest BCUT2D eigenvalue weighted by Crippen LogP contribution is -2.46. The number of hydroxylamine groups is 1. The van der Waals surface area contributed by atoms with Crippen LogP contribution in [0.25, 0.3) is 0 Å². The molecule has 2 heterocycles. The molecule has 2 N–H and O–H groups in total. The van der Waals surface area contributed by atoms with E-state index in [2.05, 4.69) is 4.90 Å². The van der Waals surface area contributed by atoms with Gasteiger partial charge in [0.1, 0.15) is 0 Å². The van der Waals surface area contributed by atoms with Crippen molar-refractivity contribution >= 4 is 11.6 Å². The number of benzene rings is 1. The number of nitrogens with zero attached hydrogens (tertiary/aromatic N) is 3. The second-order valence-electron chi connectivity index (χ2n) is 6.48. The van der Waals surface area contributed by atoms with Crippen LogP contribution in [0.15, 0.2) is 23.3 Å². The highest BCUT2D eigenvalue weighted by Gasteiger charge is 2.28. The van der Waals surface area contributed by atoms with Crippen LogP contribution in [0.4, 0.5) is 0 Å². The number of nitrogens with two attached hydrogens (primary N) is 1. The van der Waals surface area contributed by atoms with Crippen LogP contribution in [0.1, 0.15) is 24.8 Å². The van der Waals surface area contributed by atoms with E-state index in [0.29, 0.717) is 24.7 Å². The van der Waals surface area contributed by atoms with Crippen molar-refractivity contribution in [3.8, 4) is 11.5 Å². The zero-order valence-corrected chi connectivity index (χ0v) is 15.3. The minimum absolute atomic E-state index is 0.203. The molecule has 142 valence electrons. The summed E-state index contributed by atoms with van der Waals surface area (Å²) in [5.74, 6) is 1.10. The highest BCUT2D eigenvalue weighted by Crippen LogP contribution is 2.29. The van der Waals surface area contributed by atoms with E-state index in [9.17, 15) is 4.79 Å². The maximum Gasteiger partial charge on any atom is 0.231 e. The van der Waals surface area contributed by atoms with Crippen LogP contribution in [-0.2, 0) is 9.63 Å². The first kappa shape index (κ1) is 18.5. The molecule has 1 aromatic carbocycles. The van der Waals surface area contributed by atoms with E-state index in [1.165, 1.54) is 0 Å². The minimum atomic E-state index is -0.286. The summed E-state index contributed by atoms with van der Waals surface area (Å²) < 4.78 is 10.7. The van der Waals surface area contributed by atoms with Crippen molar-refractivity contribution in [3.63, 3.8) is 0 Å². The Kier molecular flexibility index (Phi) is 5.95. The summed E-state index contributed by atoms with van der Waals surface area (Å²) in [6, 6.07) is 6.02. The molecule has 0 atom stereocenters. The van der Waals surface area contributed by atoms with E-state index in [1.54, 1.807) is 19.4 Å². The zero-order valence-electron chi connectivity index (χ0n) is 15.3. The Morgan fingerprint density at radius 3 is 2.65 bits per heavy atom. The van der Waals surface area contributed by atoms with Crippen LogP contribution in [0, 0.1) is 0 Å². The van der Waals surface area contributed by atoms with Crippen LogP contribution in [0.3, 0.4) is 0 Å². The quantitative estimate of drug-likeness (QED) is 0.812. The molecular weight excluding hydrogens is 336 g/mol. The average molecular weight is 362 g/mol. The summed E-state index contributed by atoms with van der Waals surface area (Å²) >= 11 is 0. The third kappa shape index (κ3) is 4.25. The maximum absolute atomic E-state index is 11.1. The van der Waals surface area contributed by atoms with Gasteiger partial charge in [0.05, 0.1) is 39.1 Å². The number of primary amides is 1. The van der Waals surface area contributed by atoms with Gasteiger partial charge in [-0.1, -0.05) is 0 Å². The zero-order chi connectivity index (χ0) is 18.5. The van der Waals surface area contributed by atoms with Crippen molar-refractivity contribution < 1.29 is 19.1 Å². The summed E-state index contributed by atoms with van der Waals surface area (Å²) in [6.45, 7) is 2.53. The predicted octanol–water partition coefficient (Wildman–Crippen LogP) is 0.995. The summed E-state index contributed by atoms with van der Waals surface area (Å²) in [6.07, 6.45) is 2.51. The van der Waals surface area contributed by atoms with Crippen molar-refractivity contribution in [2.75, 3.05) is 40.5 Å². The Bertz CT molecular complexity index is 671. The van der Waals surface area contributed by atoms with Crippen LogP contribution in [0.5, 0.6) is 11.5 Å². The number of ether oxygens (including phenoxy) is 2. The van der Waals surface area contributed by atoms with Crippen LogP contribution in [0.2, 0.25) is 0 Å². The number of amides is 1. The van der Waals surface area contributed by atoms with Crippen molar-refractivity contribution in [3.05, 3.63) is 23.8 Å². The fraction of sp³-hybridized carbons (Fsp3) is 0.556. The molecule has 3 rings (SSSR count). The number of hydrogen-bond acceptors (Lipinski definition) is 7. The molecule has 2 aliphatic rings. The van der Waals surface area contributed by atoms with E-state index >= 15 is 0 Å². The number of rotatable bonds is 6. The number of hydrazone groups is 1. The number of methoxy groups -OCH3 is 2. The van der Waals surface area contributed by atoms with E-state index in [1.807, 2.05) is 18.2 Å². The van der Waals surface area contributed by atoms with Crippen LogP contribution < -0.4 is 15.2 Å². The van der Waals surface area contributed by atoms with Gasteiger partial charge in [0.25, 0.3) is 0 Å². The Labute approximate surface area is 153 Å². The molecule has 1 aromatic rings. The molecule has 1 amide bonds. The van der Waals surface area contributed by atoms with Gasteiger partial charge in [-0.3, -0.25) is 14.5 Å². The third-order valence-electron chi connectivity index (χ3n) is 4.75. The Hall–Kier alpha value is -2.32. The van der Waals surface area contributed by atoms with Crippen molar-refractivity contribution in [2.45, 2.75) is 25.3 Å². The predicted molar refractivity (Wildman–Crippen MR) is 97.1 cm³/mol.